The fourth-order valence-electron chi connectivity index (χ4n) is 3.76. The van der Waals surface area contributed by atoms with E-state index in [9.17, 15) is 18.0 Å². The Bertz CT molecular complexity index is 1410. The highest BCUT2D eigenvalue weighted by Gasteiger charge is 2.35. The molecule has 4 rings (SSSR count). The number of amidine groups is 1. The lowest BCUT2D eigenvalue weighted by Gasteiger charge is -2.19. The van der Waals surface area contributed by atoms with Gasteiger partial charge in [-0.1, -0.05) is 24.3 Å². The van der Waals surface area contributed by atoms with Crippen molar-refractivity contribution >= 4 is 34.1 Å². The Kier molecular flexibility index (Phi) is 6.53. The molecule has 0 fully saturated rings. The summed E-state index contributed by atoms with van der Waals surface area (Å²) in [5.41, 5.74) is 6.96. The van der Waals surface area contributed by atoms with Crippen LogP contribution in [-0.2, 0) is 12.6 Å². The lowest BCUT2D eigenvalue weighted by Crippen LogP contribution is -2.18. The van der Waals surface area contributed by atoms with Gasteiger partial charge in [-0.2, -0.15) is 13.2 Å². The first-order valence-electron chi connectivity index (χ1n) is 10.6. The zero-order valence-corrected chi connectivity index (χ0v) is 19.6. The van der Waals surface area contributed by atoms with Gasteiger partial charge in [0.25, 0.3) is 5.91 Å². The van der Waals surface area contributed by atoms with Crippen LogP contribution in [0.2, 0.25) is 0 Å². The van der Waals surface area contributed by atoms with Gasteiger partial charge in [-0.3, -0.25) is 14.8 Å². The average Bonchev–Trinajstić information content (AvgIpc) is 3.41. The Morgan fingerprint density at radius 3 is 2.69 bits per heavy atom. The van der Waals surface area contributed by atoms with E-state index in [1.165, 1.54) is 32.2 Å². The topological polar surface area (TPSA) is 106 Å². The van der Waals surface area contributed by atoms with Crippen LogP contribution in [0.15, 0.2) is 54.9 Å². The molecule has 0 spiro atoms. The summed E-state index contributed by atoms with van der Waals surface area (Å²) in [4.78, 5) is 17.2. The van der Waals surface area contributed by atoms with Gasteiger partial charge >= 0.3 is 6.18 Å². The monoisotopic (exact) mass is 501 g/mol. The number of amides is 1. The fourth-order valence-corrected chi connectivity index (χ4v) is 4.78. The third-order valence-electron chi connectivity index (χ3n) is 5.37. The Hall–Kier alpha value is -3.86. The van der Waals surface area contributed by atoms with Gasteiger partial charge in [0.05, 0.1) is 22.4 Å². The maximum Gasteiger partial charge on any atom is 0.416 e. The lowest BCUT2D eigenvalue weighted by molar-refractivity contribution is -0.138. The summed E-state index contributed by atoms with van der Waals surface area (Å²) >= 11 is 1.13. The van der Waals surface area contributed by atoms with Gasteiger partial charge in [-0.05, 0) is 30.7 Å². The molecule has 2 aromatic heterocycles. The predicted molar refractivity (Wildman–Crippen MR) is 128 cm³/mol. The van der Waals surface area contributed by atoms with Crippen molar-refractivity contribution < 1.29 is 22.7 Å². The normalized spacial score (nSPS) is 12.5. The van der Waals surface area contributed by atoms with Crippen LogP contribution < -0.4 is 15.8 Å². The number of carbonyl (C=O) groups is 1. The minimum absolute atomic E-state index is 0.0252. The number of nitrogens with one attached hydrogen (secondary N) is 2. The molecular weight excluding hydrogens is 479 g/mol. The Balaban J connectivity index is 1.75. The second-order valence-electron chi connectivity index (χ2n) is 7.84. The maximum atomic E-state index is 13.5. The van der Waals surface area contributed by atoms with E-state index in [1.807, 2.05) is 18.2 Å². The second kappa shape index (κ2) is 9.41. The van der Waals surface area contributed by atoms with Gasteiger partial charge in [0.15, 0.2) is 0 Å². The molecule has 7 nitrogen and oxygen atoms in total. The molecule has 2 heterocycles. The first kappa shape index (κ1) is 24.3. The van der Waals surface area contributed by atoms with Crippen molar-refractivity contribution in [3.8, 4) is 10.8 Å². The van der Waals surface area contributed by atoms with E-state index in [0.29, 0.717) is 10.5 Å². The van der Waals surface area contributed by atoms with Crippen molar-refractivity contribution in [2.45, 2.75) is 25.6 Å². The number of hydrogen-bond acceptors (Lipinski definition) is 5. The first-order chi connectivity index (χ1) is 16.6. The number of imidazole rings is 1. The number of carbonyl (C=O) groups excluding carboxylic acids is 1. The van der Waals surface area contributed by atoms with Crippen LogP contribution in [0.25, 0.3) is 16.0 Å². The van der Waals surface area contributed by atoms with Crippen molar-refractivity contribution in [3.05, 3.63) is 76.4 Å². The van der Waals surface area contributed by atoms with E-state index in [2.05, 4.69) is 10.3 Å². The smallest absolute Gasteiger partial charge is 0.416 e. The predicted octanol–water partition coefficient (Wildman–Crippen LogP) is 5.08. The molecule has 2 aromatic carbocycles. The lowest BCUT2D eigenvalue weighted by atomic mass is 10.0. The van der Waals surface area contributed by atoms with Gasteiger partial charge in [-0.15, -0.1) is 11.3 Å². The number of hydrogen-bond donors (Lipinski definition) is 3. The molecule has 1 atom stereocenters. The molecule has 0 unspecified atom stereocenters. The highest BCUT2D eigenvalue weighted by atomic mass is 32.1. The van der Waals surface area contributed by atoms with Crippen molar-refractivity contribution in [3.63, 3.8) is 0 Å². The zero-order chi connectivity index (χ0) is 25.3. The molecular formula is C24H22F3N5O2S. The number of fused-ring (bicyclic) bond motifs is 1. The summed E-state index contributed by atoms with van der Waals surface area (Å²) in [5.74, 6) is -0.234. The van der Waals surface area contributed by atoms with Gasteiger partial charge in [0.1, 0.15) is 28.1 Å². The molecule has 4 aromatic rings. The minimum Gasteiger partial charge on any atom is -0.484 e. The SMILES string of the molecule is CNC(=O)c1sc(-n2cnc3ccc(CC(=N)N)cc32)cc1O[C@H](C)c1ccccc1C(F)(F)F. The van der Waals surface area contributed by atoms with Gasteiger partial charge < -0.3 is 15.8 Å². The van der Waals surface area contributed by atoms with Crippen molar-refractivity contribution in [1.29, 1.82) is 5.41 Å². The van der Waals surface area contributed by atoms with Crippen LogP contribution in [-0.4, -0.2) is 28.3 Å². The molecule has 0 saturated heterocycles. The van der Waals surface area contributed by atoms with E-state index in [0.717, 1.165) is 28.5 Å². The maximum absolute atomic E-state index is 13.5. The molecule has 182 valence electrons. The molecule has 0 bridgehead atoms. The summed E-state index contributed by atoms with van der Waals surface area (Å²) in [6.45, 7) is 1.51. The summed E-state index contributed by atoms with van der Waals surface area (Å²) in [6, 6.07) is 12.3. The minimum atomic E-state index is -4.54. The molecule has 4 N–H and O–H groups in total. The Labute approximate surface area is 202 Å². The number of nitrogens with two attached hydrogens (primary N) is 1. The summed E-state index contributed by atoms with van der Waals surface area (Å²) in [5, 5.41) is 10.7. The van der Waals surface area contributed by atoms with E-state index in [1.54, 1.807) is 17.0 Å². The van der Waals surface area contributed by atoms with Gasteiger partial charge in [0.2, 0.25) is 0 Å². The van der Waals surface area contributed by atoms with Gasteiger partial charge in [-0.25, -0.2) is 4.98 Å². The number of nitrogens with zero attached hydrogens (tertiary/aromatic N) is 2. The van der Waals surface area contributed by atoms with Crippen molar-refractivity contribution in [1.82, 2.24) is 14.9 Å². The number of ether oxygens (including phenoxy) is 1. The highest BCUT2D eigenvalue weighted by Crippen LogP contribution is 2.39. The first-order valence-corrected chi connectivity index (χ1v) is 11.4. The number of rotatable bonds is 7. The highest BCUT2D eigenvalue weighted by molar-refractivity contribution is 7.16. The van der Waals surface area contributed by atoms with Crippen LogP contribution in [0.1, 0.15) is 39.4 Å². The fraction of sp³-hybridized carbons (Fsp3) is 0.208. The third kappa shape index (κ3) is 4.99. The average molecular weight is 502 g/mol. The van der Waals surface area contributed by atoms with Crippen LogP contribution in [0.5, 0.6) is 5.75 Å². The van der Waals surface area contributed by atoms with E-state index in [-0.39, 0.29) is 28.4 Å². The molecule has 11 heteroatoms. The summed E-state index contributed by atoms with van der Waals surface area (Å²) in [6.07, 6.45) is -3.64. The number of aromatic nitrogens is 2. The number of halogens is 3. The molecule has 0 aliphatic rings. The van der Waals surface area contributed by atoms with Crippen molar-refractivity contribution in [2.24, 2.45) is 5.73 Å². The van der Waals surface area contributed by atoms with E-state index < -0.39 is 23.8 Å². The summed E-state index contributed by atoms with van der Waals surface area (Å²) in [7, 11) is 1.47. The largest absolute Gasteiger partial charge is 0.484 e. The Morgan fingerprint density at radius 2 is 2.00 bits per heavy atom. The van der Waals surface area contributed by atoms with E-state index >= 15 is 0 Å². The molecule has 0 aliphatic carbocycles. The van der Waals surface area contributed by atoms with Crippen molar-refractivity contribution in [2.75, 3.05) is 7.05 Å². The molecule has 35 heavy (non-hydrogen) atoms. The van der Waals surface area contributed by atoms with Crippen LogP contribution in [0.3, 0.4) is 0 Å². The molecule has 1 amide bonds. The van der Waals surface area contributed by atoms with Gasteiger partial charge in [0, 0.05) is 25.1 Å². The summed E-state index contributed by atoms with van der Waals surface area (Å²) < 4.78 is 48.2. The third-order valence-corrected chi connectivity index (χ3v) is 6.48. The second-order valence-corrected chi connectivity index (χ2v) is 8.87. The quantitative estimate of drug-likeness (QED) is 0.242. The van der Waals surface area contributed by atoms with Crippen LogP contribution in [0, 0.1) is 5.41 Å². The molecule has 0 radical (unpaired) electrons. The van der Waals surface area contributed by atoms with E-state index in [4.69, 9.17) is 15.9 Å². The standard InChI is InChI=1S/C24H22F3N5O2S/c1-13(15-5-3-4-6-16(15)24(25,26)27)34-19-11-21(35-22(19)23(33)30-2)32-12-31-17-8-7-14(9-18(17)32)10-20(28)29/h3-9,11-13H,10H2,1-2H3,(H3,28,29)(H,30,33)/t13-/m1/s1. The number of alkyl halides is 3. The Morgan fingerprint density at radius 1 is 1.26 bits per heavy atom. The van der Waals surface area contributed by atoms with Crippen LogP contribution in [0.4, 0.5) is 13.2 Å². The zero-order valence-electron chi connectivity index (χ0n) is 18.8. The van der Waals surface area contributed by atoms with Crippen LogP contribution >= 0.6 is 11.3 Å². The molecule has 0 saturated carbocycles. The number of thiophene rings is 1. The molecule has 0 aliphatic heterocycles. The number of benzene rings is 2.